The summed E-state index contributed by atoms with van der Waals surface area (Å²) in [6, 6.07) is 11.7. The monoisotopic (exact) mass is 436 g/mol. The summed E-state index contributed by atoms with van der Waals surface area (Å²) in [5, 5.41) is 16.0. The number of carbonyl (C=O) groups excluding carboxylic acids is 3. The first-order valence-corrected chi connectivity index (χ1v) is 10.2. The van der Waals surface area contributed by atoms with Crippen molar-refractivity contribution in [3.63, 3.8) is 0 Å². The highest BCUT2D eigenvalue weighted by Gasteiger charge is 2.40. The first kappa shape index (κ1) is 20.4. The number of nitro groups is 1. The molecule has 2 heterocycles. The maximum absolute atomic E-state index is 12.5. The average Bonchev–Trinajstić information content (AvgIpc) is 3.30. The summed E-state index contributed by atoms with van der Waals surface area (Å²) in [6.45, 7) is 1.80. The lowest BCUT2D eigenvalue weighted by Crippen LogP contribution is -2.33. The number of hydrogen-bond acceptors (Lipinski definition) is 7. The molecule has 2 aromatic carbocycles. The molecule has 1 N–H and O–H groups in total. The van der Waals surface area contributed by atoms with Crippen molar-refractivity contribution >= 4 is 39.9 Å². The van der Waals surface area contributed by atoms with Crippen LogP contribution >= 0.6 is 11.3 Å². The fourth-order valence-corrected chi connectivity index (χ4v) is 3.99. The Morgan fingerprint density at radius 2 is 1.90 bits per heavy atom. The number of anilines is 1. The van der Waals surface area contributed by atoms with E-state index in [0.717, 1.165) is 21.7 Å². The van der Waals surface area contributed by atoms with Crippen molar-refractivity contribution in [1.82, 2.24) is 9.88 Å². The Balaban J connectivity index is 1.40. The summed E-state index contributed by atoms with van der Waals surface area (Å²) in [6.07, 6.45) is -0.154. The maximum atomic E-state index is 12.5. The summed E-state index contributed by atoms with van der Waals surface area (Å²) in [5.74, 6) is -1.83. The zero-order chi connectivity index (χ0) is 22.1. The number of carbonyl (C=O) groups is 3. The van der Waals surface area contributed by atoms with Gasteiger partial charge in [0.1, 0.15) is 5.56 Å². The minimum Gasteiger partial charge on any atom is -0.302 e. The first-order valence-electron chi connectivity index (χ1n) is 9.31. The number of amides is 3. The molecule has 0 spiro atoms. The van der Waals surface area contributed by atoms with E-state index in [1.165, 1.54) is 29.5 Å². The minimum atomic E-state index is -0.768. The normalized spacial score (nSPS) is 12.7. The number of thiazole rings is 1. The number of nitrogens with one attached hydrogen (secondary N) is 1. The van der Waals surface area contributed by atoms with Gasteiger partial charge in [-0.3, -0.25) is 29.4 Å². The topological polar surface area (TPSA) is 123 Å². The van der Waals surface area contributed by atoms with Gasteiger partial charge in [0.05, 0.1) is 16.2 Å². The van der Waals surface area contributed by atoms with Gasteiger partial charge in [-0.15, -0.1) is 11.3 Å². The van der Waals surface area contributed by atoms with Gasteiger partial charge in [0.25, 0.3) is 17.5 Å². The van der Waals surface area contributed by atoms with Crippen molar-refractivity contribution in [2.45, 2.75) is 13.3 Å². The zero-order valence-electron chi connectivity index (χ0n) is 16.3. The largest absolute Gasteiger partial charge is 0.302 e. The Hall–Kier alpha value is -3.92. The second kappa shape index (κ2) is 8.07. The minimum absolute atomic E-state index is 0.0257. The Kier molecular flexibility index (Phi) is 5.30. The van der Waals surface area contributed by atoms with E-state index in [4.69, 9.17) is 0 Å². The second-order valence-electron chi connectivity index (χ2n) is 6.92. The van der Waals surface area contributed by atoms with Crippen molar-refractivity contribution in [3.05, 3.63) is 74.6 Å². The molecule has 1 aromatic heterocycles. The van der Waals surface area contributed by atoms with E-state index in [2.05, 4.69) is 10.3 Å². The zero-order valence-corrected chi connectivity index (χ0v) is 17.1. The van der Waals surface area contributed by atoms with Crippen LogP contribution in [0, 0.1) is 17.0 Å². The predicted octanol–water partition coefficient (Wildman–Crippen LogP) is 3.65. The molecule has 1 aliphatic rings. The van der Waals surface area contributed by atoms with Crippen molar-refractivity contribution < 1.29 is 19.3 Å². The quantitative estimate of drug-likeness (QED) is 0.357. The third-order valence-corrected chi connectivity index (χ3v) is 5.59. The van der Waals surface area contributed by atoms with Crippen LogP contribution in [0.1, 0.15) is 32.7 Å². The standard InChI is InChI=1S/C21H16N4O5S/c1-12-5-7-13(8-6-12)15-11-31-21(22-15)23-17(26)9-10-24-19(27)14-3-2-4-16(25(29)30)18(14)20(24)28/h2-8,11H,9-10H2,1H3,(H,22,23,26). The number of benzene rings is 2. The summed E-state index contributed by atoms with van der Waals surface area (Å²) in [7, 11) is 0. The lowest BCUT2D eigenvalue weighted by molar-refractivity contribution is -0.385. The third kappa shape index (κ3) is 3.92. The van der Waals surface area contributed by atoms with Gasteiger partial charge < -0.3 is 5.32 Å². The molecule has 0 saturated heterocycles. The number of hydrogen-bond donors (Lipinski definition) is 1. The van der Waals surface area contributed by atoms with Gasteiger partial charge in [0.2, 0.25) is 5.91 Å². The van der Waals surface area contributed by atoms with Crippen molar-refractivity contribution in [1.29, 1.82) is 0 Å². The lowest BCUT2D eigenvalue weighted by Gasteiger charge is -2.12. The summed E-state index contributed by atoms with van der Waals surface area (Å²) >= 11 is 1.27. The molecule has 0 aliphatic carbocycles. The molecule has 0 unspecified atom stereocenters. The summed E-state index contributed by atoms with van der Waals surface area (Å²) in [5.41, 5.74) is 2.10. The number of nitrogens with zero attached hydrogens (tertiary/aromatic N) is 3. The molecular weight excluding hydrogens is 420 g/mol. The molecule has 10 heteroatoms. The fourth-order valence-electron chi connectivity index (χ4n) is 3.25. The molecule has 0 radical (unpaired) electrons. The highest BCUT2D eigenvalue weighted by Crippen LogP contribution is 2.31. The molecule has 4 rings (SSSR count). The Bertz CT molecular complexity index is 1220. The molecular formula is C21H16N4O5S. The summed E-state index contributed by atoms with van der Waals surface area (Å²) < 4.78 is 0. The van der Waals surface area contributed by atoms with Gasteiger partial charge in [0.15, 0.2) is 5.13 Å². The number of aromatic nitrogens is 1. The fraction of sp³-hybridized carbons (Fsp3) is 0.143. The number of rotatable bonds is 6. The maximum Gasteiger partial charge on any atom is 0.282 e. The molecule has 0 fully saturated rings. The van der Waals surface area contributed by atoms with E-state index in [-0.39, 0.29) is 24.1 Å². The second-order valence-corrected chi connectivity index (χ2v) is 7.78. The number of fused-ring (bicyclic) bond motifs is 1. The van der Waals surface area contributed by atoms with E-state index < -0.39 is 28.3 Å². The van der Waals surface area contributed by atoms with E-state index in [9.17, 15) is 24.5 Å². The molecule has 0 atom stereocenters. The lowest BCUT2D eigenvalue weighted by atomic mass is 10.1. The van der Waals surface area contributed by atoms with Gasteiger partial charge in [-0.05, 0) is 13.0 Å². The van der Waals surface area contributed by atoms with Crippen LogP contribution in [0.4, 0.5) is 10.8 Å². The van der Waals surface area contributed by atoms with Crippen molar-refractivity contribution in [2.24, 2.45) is 0 Å². The molecule has 0 saturated carbocycles. The Morgan fingerprint density at radius 1 is 1.16 bits per heavy atom. The van der Waals surface area contributed by atoms with Crippen LogP contribution in [0.5, 0.6) is 0 Å². The summed E-state index contributed by atoms with van der Waals surface area (Å²) in [4.78, 5) is 53.1. The SMILES string of the molecule is Cc1ccc(-c2csc(NC(=O)CCN3C(=O)c4cccc([N+](=O)[O-])c4C3=O)n2)cc1. The van der Waals surface area contributed by atoms with E-state index >= 15 is 0 Å². The molecule has 9 nitrogen and oxygen atoms in total. The van der Waals surface area contributed by atoms with Gasteiger partial charge >= 0.3 is 0 Å². The Morgan fingerprint density at radius 3 is 2.61 bits per heavy atom. The molecule has 156 valence electrons. The highest BCUT2D eigenvalue weighted by atomic mass is 32.1. The van der Waals surface area contributed by atoms with Crippen LogP contribution in [0.15, 0.2) is 47.8 Å². The van der Waals surface area contributed by atoms with Gasteiger partial charge in [0, 0.05) is 30.0 Å². The molecule has 31 heavy (non-hydrogen) atoms. The van der Waals surface area contributed by atoms with Crippen molar-refractivity contribution in [3.8, 4) is 11.3 Å². The smallest absolute Gasteiger partial charge is 0.282 e. The predicted molar refractivity (Wildman–Crippen MR) is 114 cm³/mol. The molecule has 0 bridgehead atoms. The van der Waals surface area contributed by atoms with Crippen LogP contribution in [-0.2, 0) is 4.79 Å². The van der Waals surface area contributed by atoms with Gasteiger partial charge in [-0.25, -0.2) is 4.98 Å². The van der Waals surface area contributed by atoms with Crippen molar-refractivity contribution in [2.75, 3.05) is 11.9 Å². The number of nitro benzene ring substituents is 1. The molecule has 3 aromatic rings. The van der Waals surface area contributed by atoms with Crippen LogP contribution in [0.2, 0.25) is 0 Å². The van der Waals surface area contributed by atoms with Gasteiger partial charge in [-0.2, -0.15) is 0 Å². The van der Waals surface area contributed by atoms with Crippen LogP contribution < -0.4 is 5.32 Å². The van der Waals surface area contributed by atoms with Gasteiger partial charge in [-0.1, -0.05) is 35.9 Å². The number of imide groups is 1. The molecule has 1 aliphatic heterocycles. The Labute approximate surface area is 180 Å². The van der Waals surface area contributed by atoms with Crippen LogP contribution in [-0.4, -0.2) is 39.1 Å². The first-order chi connectivity index (χ1) is 14.8. The van der Waals surface area contributed by atoms with E-state index in [1.807, 2.05) is 36.6 Å². The van der Waals surface area contributed by atoms with E-state index in [0.29, 0.717) is 5.13 Å². The van der Waals surface area contributed by atoms with Crippen LogP contribution in [0.25, 0.3) is 11.3 Å². The number of aryl methyl sites for hydroxylation is 1. The molecule has 3 amide bonds. The third-order valence-electron chi connectivity index (χ3n) is 4.83. The average molecular weight is 436 g/mol. The van der Waals surface area contributed by atoms with Crippen LogP contribution in [0.3, 0.4) is 0 Å². The highest BCUT2D eigenvalue weighted by molar-refractivity contribution is 7.14. The van der Waals surface area contributed by atoms with E-state index in [1.54, 1.807) is 0 Å².